The largest absolute Gasteiger partial charge is 0.291 e. The van der Waals surface area contributed by atoms with Crippen LogP contribution >= 0.6 is 23.1 Å². The van der Waals surface area contributed by atoms with Crippen molar-refractivity contribution in [2.24, 2.45) is 0 Å². The maximum absolute atomic E-state index is 14.0. The quantitative estimate of drug-likeness (QED) is 0.193. The summed E-state index contributed by atoms with van der Waals surface area (Å²) < 4.78 is 3.81. The Hall–Kier alpha value is -4.21. The first-order valence-electron chi connectivity index (χ1n) is 14.2. The van der Waals surface area contributed by atoms with Gasteiger partial charge in [-0.2, -0.15) is 0 Å². The third kappa shape index (κ3) is 4.92. The fourth-order valence-electron chi connectivity index (χ4n) is 5.73. The fourth-order valence-corrected chi connectivity index (χ4v) is 7.91. The Kier molecular flexibility index (Phi) is 7.36. The molecule has 0 saturated heterocycles. The van der Waals surface area contributed by atoms with Gasteiger partial charge in [-0.15, -0.1) is 21.5 Å². The highest BCUT2D eigenvalue weighted by molar-refractivity contribution is 8.13. The topological polar surface area (TPSA) is 72.5 Å². The Labute approximate surface area is 251 Å². The molecule has 0 unspecified atom stereocenters. The number of anilines is 2. The van der Waals surface area contributed by atoms with Crippen molar-refractivity contribution >= 4 is 55.7 Å². The number of carbonyl (C=O) groups excluding carboxylic acids is 1. The number of thiophene rings is 1. The van der Waals surface area contributed by atoms with Crippen LogP contribution in [0.25, 0.3) is 16.0 Å². The van der Waals surface area contributed by atoms with Crippen LogP contribution in [-0.4, -0.2) is 24.4 Å². The van der Waals surface area contributed by atoms with E-state index in [1.54, 1.807) is 20.8 Å². The van der Waals surface area contributed by atoms with Crippen LogP contribution in [0, 0.1) is 0 Å². The number of nitrogens with zero attached hydrogens (tertiary/aromatic N) is 5. The Morgan fingerprint density at radius 3 is 2.19 bits per heavy atom. The van der Waals surface area contributed by atoms with Gasteiger partial charge in [-0.1, -0.05) is 78.5 Å². The zero-order chi connectivity index (χ0) is 28.5. The van der Waals surface area contributed by atoms with E-state index in [1.165, 1.54) is 22.2 Å². The summed E-state index contributed by atoms with van der Waals surface area (Å²) in [6.07, 6.45) is 4.86. The monoisotopic (exact) mass is 591 g/mol. The number of thioether (sulfide) groups is 1. The lowest BCUT2D eigenvalue weighted by Gasteiger charge is -2.22. The molecule has 0 atom stereocenters. The molecule has 9 heteroatoms. The van der Waals surface area contributed by atoms with Crippen LogP contribution in [0.2, 0.25) is 0 Å². The predicted molar refractivity (Wildman–Crippen MR) is 171 cm³/mol. The molecular formula is C33H29N5O2S2. The average Bonchev–Trinajstić information content (AvgIpc) is 3.64. The second-order valence-corrected chi connectivity index (χ2v) is 12.4. The maximum atomic E-state index is 14.0. The highest BCUT2D eigenvalue weighted by atomic mass is 32.2. The van der Waals surface area contributed by atoms with Crippen molar-refractivity contribution in [3.05, 3.63) is 123 Å². The highest BCUT2D eigenvalue weighted by Crippen LogP contribution is 2.36. The van der Waals surface area contributed by atoms with Crippen LogP contribution in [0.5, 0.6) is 0 Å². The Morgan fingerprint density at radius 2 is 1.50 bits per heavy atom. The molecule has 3 heterocycles. The summed E-state index contributed by atoms with van der Waals surface area (Å²) in [4.78, 5) is 31.7. The summed E-state index contributed by atoms with van der Waals surface area (Å²) >= 11 is 2.88. The molecule has 7 rings (SSSR count). The molecule has 0 bridgehead atoms. The minimum Gasteiger partial charge on any atom is -0.276 e. The van der Waals surface area contributed by atoms with Gasteiger partial charge in [-0.05, 0) is 67.5 Å². The Morgan fingerprint density at radius 1 is 0.857 bits per heavy atom. The first kappa shape index (κ1) is 26.7. The number of hydrogen-bond donors (Lipinski definition) is 0. The van der Waals surface area contributed by atoms with Gasteiger partial charge in [-0.3, -0.25) is 23.5 Å². The van der Waals surface area contributed by atoms with E-state index in [9.17, 15) is 9.59 Å². The predicted octanol–water partition coefficient (Wildman–Crippen LogP) is 7.42. The lowest BCUT2D eigenvalue weighted by molar-refractivity contribution is 0.267. The number of aromatic nitrogens is 4. The minimum absolute atomic E-state index is 0.00911. The van der Waals surface area contributed by atoms with Crippen LogP contribution in [0.1, 0.15) is 34.7 Å². The smallest absolute Gasteiger partial charge is 0.276 e. The first-order chi connectivity index (χ1) is 20.7. The summed E-state index contributed by atoms with van der Waals surface area (Å²) in [6.45, 7) is 0.507. The molecule has 210 valence electrons. The number of hydrogen-bond acceptors (Lipinski definition) is 6. The van der Waals surface area contributed by atoms with Gasteiger partial charge in [0.1, 0.15) is 10.7 Å². The van der Waals surface area contributed by atoms with Crippen molar-refractivity contribution in [3.63, 3.8) is 0 Å². The van der Waals surface area contributed by atoms with Gasteiger partial charge < -0.3 is 0 Å². The molecule has 42 heavy (non-hydrogen) atoms. The Bertz CT molecular complexity index is 1890. The average molecular weight is 592 g/mol. The van der Waals surface area contributed by atoms with Crippen molar-refractivity contribution in [2.45, 2.75) is 44.4 Å². The summed E-state index contributed by atoms with van der Waals surface area (Å²) in [7, 11) is 0. The summed E-state index contributed by atoms with van der Waals surface area (Å²) in [5, 5.41) is 9.77. The summed E-state index contributed by atoms with van der Waals surface area (Å²) in [6, 6.07) is 29.5. The lowest BCUT2D eigenvalue weighted by atomic mass is 9.97. The standard InChI is InChI=1S/C33H29N5O2S2/c39-30-29-26-18-10-11-19-27(26)42-31(29)38-28(34-35-32(38)36(30)21-20-23-12-4-1-5-13-23)22-41-33(40)37(24-14-6-2-7-15-24)25-16-8-3-9-17-25/h1-9,12-17H,10-11,18-22H2. The molecule has 1 aliphatic carbocycles. The zero-order valence-electron chi connectivity index (χ0n) is 23.0. The van der Waals surface area contributed by atoms with Crippen molar-refractivity contribution in [3.8, 4) is 0 Å². The van der Waals surface area contributed by atoms with E-state index in [4.69, 9.17) is 0 Å². The number of amides is 1. The van der Waals surface area contributed by atoms with Crippen LogP contribution in [-0.2, 0) is 31.6 Å². The van der Waals surface area contributed by atoms with E-state index >= 15 is 0 Å². The van der Waals surface area contributed by atoms with Crippen molar-refractivity contribution in [2.75, 3.05) is 4.90 Å². The summed E-state index contributed by atoms with van der Waals surface area (Å²) in [5.41, 5.74) is 3.96. The van der Waals surface area contributed by atoms with Crippen LogP contribution in [0.4, 0.5) is 16.2 Å². The molecule has 3 aromatic carbocycles. The third-order valence-corrected chi connectivity index (χ3v) is 9.88. The molecule has 0 radical (unpaired) electrons. The number of benzene rings is 3. The van der Waals surface area contributed by atoms with Gasteiger partial charge >= 0.3 is 0 Å². The third-order valence-electron chi connectivity index (χ3n) is 7.77. The summed E-state index contributed by atoms with van der Waals surface area (Å²) in [5.74, 6) is 1.53. The number of rotatable bonds is 7. The van der Waals surface area contributed by atoms with Crippen LogP contribution in [0.15, 0.2) is 95.8 Å². The van der Waals surface area contributed by atoms with Gasteiger partial charge in [0, 0.05) is 22.8 Å². The molecule has 7 nitrogen and oxygen atoms in total. The number of carbonyl (C=O) groups is 1. The number of aryl methyl sites for hydroxylation is 4. The maximum Gasteiger partial charge on any atom is 0.291 e. The van der Waals surface area contributed by atoms with E-state index in [-0.39, 0.29) is 10.8 Å². The van der Waals surface area contributed by atoms with Crippen molar-refractivity contribution in [1.82, 2.24) is 19.2 Å². The Balaban J connectivity index is 1.28. The van der Waals surface area contributed by atoms with Gasteiger partial charge in [0.25, 0.3) is 10.8 Å². The SMILES string of the molecule is O=C(SCc1nnc2n(CCc3ccccc3)c(=O)c3c4c(sc3n12)CCCC4)N(c1ccccc1)c1ccccc1. The van der Waals surface area contributed by atoms with Gasteiger partial charge in [-0.25, -0.2) is 0 Å². The molecule has 0 N–H and O–H groups in total. The van der Waals surface area contributed by atoms with Crippen LogP contribution in [0.3, 0.4) is 0 Å². The van der Waals surface area contributed by atoms with E-state index in [1.807, 2.05) is 83.3 Å². The van der Waals surface area contributed by atoms with Crippen molar-refractivity contribution in [1.29, 1.82) is 0 Å². The second kappa shape index (κ2) is 11.6. The molecule has 0 saturated carbocycles. The second-order valence-electron chi connectivity index (χ2n) is 10.4. The molecule has 0 fully saturated rings. The van der Waals surface area contributed by atoms with E-state index in [2.05, 4.69) is 22.3 Å². The normalized spacial score (nSPS) is 13.0. The molecular weight excluding hydrogens is 563 g/mol. The molecule has 0 spiro atoms. The number of fused-ring (bicyclic) bond motifs is 5. The van der Waals surface area contributed by atoms with E-state index in [0.717, 1.165) is 52.8 Å². The molecule has 6 aromatic rings. The van der Waals surface area contributed by atoms with Gasteiger partial charge in [0.15, 0.2) is 0 Å². The lowest BCUT2D eigenvalue weighted by Crippen LogP contribution is -2.25. The van der Waals surface area contributed by atoms with Gasteiger partial charge in [0.05, 0.1) is 11.1 Å². The highest BCUT2D eigenvalue weighted by Gasteiger charge is 2.26. The zero-order valence-corrected chi connectivity index (χ0v) is 24.6. The van der Waals surface area contributed by atoms with E-state index in [0.29, 0.717) is 30.3 Å². The molecule has 3 aromatic heterocycles. The molecule has 1 amide bonds. The first-order valence-corrected chi connectivity index (χ1v) is 16.0. The molecule has 1 aliphatic rings. The molecule has 0 aliphatic heterocycles. The minimum atomic E-state index is -0.108. The van der Waals surface area contributed by atoms with E-state index < -0.39 is 0 Å². The van der Waals surface area contributed by atoms with Crippen LogP contribution < -0.4 is 10.5 Å². The number of para-hydroxylation sites is 2. The van der Waals surface area contributed by atoms with Crippen molar-refractivity contribution < 1.29 is 4.79 Å². The van der Waals surface area contributed by atoms with Gasteiger partial charge in [0.2, 0.25) is 5.78 Å². The fraction of sp³-hybridized carbons (Fsp3) is 0.212.